The molecule has 0 atom stereocenters. The molecule has 1 saturated carbocycles. The van der Waals surface area contributed by atoms with Gasteiger partial charge >= 0.3 is 0 Å². The zero-order chi connectivity index (χ0) is 13.4. The first-order valence-electron chi connectivity index (χ1n) is 7.02. The Labute approximate surface area is 112 Å². The van der Waals surface area contributed by atoms with E-state index in [2.05, 4.69) is 28.7 Å². The van der Waals surface area contributed by atoms with Gasteiger partial charge in [0.05, 0.1) is 17.6 Å². The fraction of sp³-hybridized carbons (Fsp3) is 0.533. The highest BCUT2D eigenvalue weighted by Crippen LogP contribution is 2.38. The summed E-state index contributed by atoms with van der Waals surface area (Å²) >= 11 is 0. The maximum absolute atomic E-state index is 13.3. The minimum Gasteiger partial charge on any atom is -0.324 e. The smallest absolute Gasteiger partial charge is 0.125 e. The summed E-state index contributed by atoms with van der Waals surface area (Å²) in [6, 6.07) is 5.46. The van der Waals surface area contributed by atoms with Gasteiger partial charge < -0.3 is 9.88 Å². The van der Waals surface area contributed by atoms with Gasteiger partial charge in [0, 0.05) is 12.1 Å². The maximum atomic E-state index is 13.3. The van der Waals surface area contributed by atoms with Crippen LogP contribution in [0, 0.1) is 11.7 Å². The number of rotatable bonds is 5. The Kier molecular flexibility index (Phi) is 3.27. The van der Waals surface area contributed by atoms with Crippen molar-refractivity contribution in [1.82, 2.24) is 14.9 Å². The molecule has 1 aromatic heterocycles. The molecule has 1 heterocycles. The molecule has 0 spiro atoms. The van der Waals surface area contributed by atoms with Gasteiger partial charge in [0.1, 0.15) is 11.6 Å². The highest BCUT2D eigenvalue weighted by atomic mass is 19.1. The molecule has 1 fully saturated rings. The van der Waals surface area contributed by atoms with E-state index in [1.165, 1.54) is 25.0 Å². The first kappa shape index (κ1) is 12.6. The van der Waals surface area contributed by atoms with Crippen LogP contribution in [-0.2, 0) is 6.54 Å². The van der Waals surface area contributed by atoms with Crippen LogP contribution in [0.1, 0.15) is 38.6 Å². The minimum atomic E-state index is -0.213. The third-order valence-corrected chi connectivity index (χ3v) is 3.47. The fourth-order valence-corrected chi connectivity index (χ4v) is 2.46. The van der Waals surface area contributed by atoms with Crippen molar-refractivity contribution in [3.8, 4) is 0 Å². The number of imidazole rings is 1. The third kappa shape index (κ3) is 2.63. The average Bonchev–Trinajstić information content (AvgIpc) is 3.11. The first-order chi connectivity index (χ1) is 9.15. The predicted molar refractivity (Wildman–Crippen MR) is 74.5 cm³/mol. The molecule has 1 N–H and O–H groups in total. The van der Waals surface area contributed by atoms with Crippen molar-refractivity contribution in [3.05, 3.63) is 29.8 Å². The van der Waals surface area contributed by atoms with Gasteiger partial charge in [-0.1, -0.05) is 13.8 Å². The summed E-state index contributed by atoms with van der Waals surface area (Å²) in [4.78, 5) is 4.59. The van der Waals surface area contributed by atoms with Gasteiger partial charge in [-0.15, -0.1) is 0 Å². The summed E-state index contributed by atoms with van der Waals surface area (Å²) in [6.07, 6.45) is 2.42. The molecule has 4 heteroatoms. The second-order valence-corrected chi connectivity index (χ2v) is 5.79. The van der Waals surface area contributed by atoms with Crippen molar-refractivity contribution in [2.45, 2.75) is 39.3 Å². The molecule has 3 rings (SSSR count). The van der Waals surface area contributed by atoms with Crippen LogP contribution in [-0.4, -0.2) is 16.1 Å². The largest absolute Gasteiger partial charge is 0.324 e. The summed E-state index contributed by atoms with van der Waals surface area (Å²) in [7, 11) is 0. The summed E-state index contributed by atoms with van der Waals surface area (Å²) in [5.41, 5.74) is 1.83. The lowest BCUT2D eigenvalue weighted by atomic mass is 10.2. The normalized spacial score (nSPS) is 15.6. The standard InChI is InChI=1S/C15H20FN3/c1-10(2)8-17-9-15-18-13-7-11(16)3-6-14(13)19(15)12-4-5-12/h3,6-7,10,12,17H,4-5,8-9H2,1-2H3. The van der Waals surface area contributed by atoms with E-state index < -0.39 is 0 Å². The molecule has 1 aliphatic carbocycles. The van der Waals surface area contributed by atoms with Crippen LogP contribution in [0.25, 0.3) is 11.0 Å². The zero-order valence-electron chi connectivity index (χ0n) is 11.5. The van der Waals surface area contributed by atoms with E-state index in [1.54, 1.807) is 0 Å². The first-order valence-corrected chi connectivity index (χ1v) is 7.02. The van der Waals surface area contributed by atoms with E-state index in [0.29, 0.717) is 12.0 Å². The zero-order valence-corrected chi connectivity index (χ0v) is 11.5. The van der Waals surface area contributed by atoms with Gasteiger partial charge in [-0.05, 0) is 37.4 Å². The van der Waals surface area contributed by atoms with Gasteiger partial charge in [-0.3, -0.25) is 0 Å². The Morgan fingerprint density at radius 3 is 2.89 bits per heavy atom. The Morgan fingerprint density at radius 1 is 1.42 bits per heavy atom. The van der Waals surface area contributed by atoms with Crippen LogP contribution in [0.15, 0.2) is 18.2 Å². The molecule has 1 aliphatic rings. The van der Waals surface area contributed by atoms with E-state index in [0.717, 1.165) is 29.9 Å². The number of nitrogens with zero attached hydrogens (tertiary/aromatic N) is 2. The Hall–Kier alpha value is -1.42. The van der Waals surface area contributed by atoms with Crippen LogP contribution < -0.4 is 5.32 Å². The van der Waals surface area contributed by atoms with Crippen LogP contribution >= 0.6 is 0 Å². The predicted octanol–water partition coefficient (Wildman–Crippen LogP) is 3.26. The Balaban J connectivity index is 1.91. The van der Waals surface area contributed by atoms with Gasteiger partial charge in [-0.25, -0.2) is 9.37 Å². The van der Waals surface area contributed by atoms with Crippen molar-refractivity contribution >= 4 is 11.0 Å². The minimum absolute atomic E-state index is 0.213. The number of hydrogen-bond acceptors (Lipinski definition) is 2. The summed E-state index contributed by atoms with van der Waals surface area (Å²) in [6.45, 7) is 6.10. The second-order valence-electron chi connectivity index (χ2n) is 5.79. The topological polar surface area (TPSA) is 29.9 Å². The summed E-state index contributed by atoms with van der Waals surface area (Å²) in [5, 5.41) is 3.42. The highest BCUT2D eigenvalue weighted by Gasteiger charge is 2.28. The van der Waals surface area contributed by atoms with Crippen LogP contribution in [0.3, 0.4) is 0 Å². The Bertz CT molecular complexity index is 584. The number of hydrogen-bond donors (Lipinski definition) is 1. The second kappa shape index (κ2) is 4.93. The molecule has 102 valence electrons. The van der Waals surface area contributed by atoms with Crippen LogP contribution in [0.2, 0.25) is 0 Å². The van der Waals surface area contributed by atoms with E-state index in [-0.39, 0.29) is 5.82 Å². The molecule has 2 aromatic rings. The number of fused-ring (bicyclic) bond motifs is 1. The highest BCUT2D eigenvalue weighted by molar-refractivity contribution is 5.76. The lowest BCUT2D eigenvalue weighted by Crippen LogP contribution is -2.21. The third-order valence-electron chi connectivity index (χ3n) is 3.47. The molecule has 3 nitrogen and oxygen atoms in total. The van der Waals surface area contributed by atoms with Crippen molar-refractivity contribution in [3.63, 3.8) is 0 Å². The number of aromatic nitrogens is 2. The van der Waals surface area contributed by atoms with Crippen molar-refractivity contribution in [2.75, 3.05) is 6.54 Å². The SMILES string of the molecule is CC(C)CNCc1nc2cc(F)ccc2n1C1CC1. The monoisotopic (exact) mass is 261 g/mol. The molecule has 0 radical (unpaired) electrons. The van der Waals surface area contributed by atoms with Crippen molar-refractivity contribution in [2.24, 2.45) is 5.92 Å². The molecule has 0 saturated heterocycles. The lowest BCUT2D eigenvalue weighted by Gasteiger charge is -2.10. The maximum Gasteiger partial charge on any atom is 0.125 e. The van der Waals surface area contributed by atoms with E-state index >= 15 is 0 Å². The number of halogens is 1. The molecule has 1 aromatic carbocycles. The van der Waals surface area contributed by atoms with Crippen molar-refractivity contribution < 1.29 is 4.39 Å². The van der Waals surface area contributed by atoms with E-state index in [9.17, 15) is 4.39 Å². The van der Waals surface area contributed by atoms with Gasteiger partial charge in [-0.2, -0.15) is 0 Å². The van der Waals surface area contributed by atoms with Gasteiger partial charge in [0.25, 0.3) is 0 Å². The molecule has 0 bridgehead atoms. The molecular formula is C15H20FN3. The molecule has 0 aliphatic heterocycles. The quantitative estimate of drug-likeness (QED) is 0.895. The van der Waals surface area contributed by atoms with Crippen LogP contribution in [0.4, 0.5) is 4.39 Å². The lowest BCUT2D eigenvalue weighted by molar-refractivity contribution is 0.531. The van der Waals surface area contributed by atoms with Crippen LogP contribution in [0.5, 0.6) is 0 Å². The molecule has 0 unspecified atom stereocenters. The van der Waals surface area contributed by atoms with Crippen molar-refractivity contribution in [1.29, 1.82) is 0 Å². The average molecular weight is 261 g/mol. The molecular weight excluding hydrogens is 241 g/mol. The molecule has 19 heavy (non-hydrogen) atoms. The summed E-state index contributed by atoms with van der Waals surface area (Å²) < 4.78 is 15.6. The van der Waals surface area contributed by atoms with Gasteiger partial charge in [0.2, 0.25) is 0 Å². The fourth-order valence-electron chi connectivity index (χ4n) is 2.46. The van der Waals surface area contributed by atoms with Gasteiger partial charge in [0.15, 0.2) is 0 Å². The van der Waals surface area contributed by atoms with E-state index in [4.69, 9.17) is 0 Å². The summed E-state index contributed by atoms with van der Waals surface area (Å²) in [5.74, 6) is 1.44. The number of nitrogens with one attached hydrogen (secondary N) is 1. The number of benzene rings is 1. The molecule has 0 amide bonds. The van der Waals surface area contributed by atoms with E-state index in [1.807, 2.05) is 6.07 Å². The Morgan fingerprint density at radius 2 is 2.21 bits per heavy atom.